The summed E-state index contributed by atoms with van der Waals surface area (Å²) in [6, 6.07) is 10.0. The molecule has 2 aliphatic heterocycles. The highest BCUT2D eigenvalue weighted by Gasteiger charge is 2.43. The minimum Gasteiger partial charge on any atom is -0.395 e. The molecule has 1 fully saturated rings. The van der Waals surface area contributed by atoms with Gasteiger partial charge in [0.1, 0.15) is 17.3 Å². The molecule has 0 spiro atoms. The summed E-state index contributed by atoms with van der Waals surface area (Å²) >= 11 is 0. The summed E-state index contributed by atoms with van der Waals surface area (Å²) in [5.41, 5.74) is 1.74. The van der Waals surface area contributed by atoms with Crippen LogP contribution in [0.15, 0.2) is 48.2 Å². The third-order valence-corrected chi connectivity index (χ3v) is 5.66. The van der Waals surface area contributed by atoms with E-state index < -0.39 is 23.4 Å². The van der Waals surface area contributed by atoms with Gasteiger partial charge in [-0.05, 0) is 24.6 Å². The number of piperazine rings is 1. The standard InChI is InChI=1S/C23H23F2N3O3/c1-15-2-4-16(5-3-15)20-21(27-10-8-26(9-11-27)12-13-29)23(31)28(22(20)30)19-7-6-17(24)14-18(19)25/h2-7,14,29H,8-13H2,1H3. The lowest BCUT2D eigenvalue weighted by Gasteiger charge is -2.36. The summed E-state index contributed by atoms with van der Waals surface area (Å²) in [6.45, 7) is 4.73. The van der Waals surface area contributed by atoms with E-state index in [0.29, 0.717) is 44.4 Å². The molecule has 0 saturated carbocycles. The fraction of sp³-hybridized carbons (Fsp3) is 0.304. The summed E-state index contributed by atoms with van der Waals surface area (Å²) < 4.78 is 27.9. The number of rotatable bonds is 5. The number of hydrogen-bond acceptors (Lipinski definition) is 5. The Morgan fingerprint density at radius 3 is 2.23 bits per heavy atom. The number of amides is 2. The molecule has 2 amide bonds. The van der Waals surface area contributed by atoms with E-state index in [-0.39, 0.29) is 23.6 Å². The van der Waals surface area contributed by atoms with Gasteiger partial charge in [0.25, 0.3) is 11.8 Å². The van der Waals surface area contributed by atoms with E-state index in [2.05, 4.69) is 4.90 Å². The van der Waals surface area contributed by atoms with Gasteiger partial charge in [-0.25, -0.2) is 13.7 Å². The first kappa shape index (κ1) is 21.1. The van der Waals surface area contributed by atoms with Crippen LogP contribution in [0.2, 0.25) is 0 Å². The van der Waals surface area contributed by atoms with Crippen LogP contribution in [0.3, 0.4) is 0 Å². The van der Waals surface area contributed by atoms with Gasteiger partial charge in [0, 0.05) is 38.8 Å². The summed E-state index contributed by atoms with van der Waals surface area (Å²) in [5.74, 6) is -3.01. The van der Waals surface area contributed by atoms with E-state index in [4.69, 9.17) is 5.11 Å². The van der Waals surface area contributed by atoms with Gasteiger partial charge in [-0.2, -0.15) is 0 Å². The predicted molar refractivity (Wildman–Crippen MR) is 112 cm³/mol. The van der Waals surface area contributed by atoms with Gasteiger partial charge < -0.3 is 10.0 Å². The van der Waals surface area contributed by atoms with Gasteiger partial charge in [-0.1, -0.05) is 29.8 Å². The Hall–Kier alpha value is -3.10. The number of carbonyl (C=O) groups excluding carboxylic acids is 2. The molecule has 2 aromatic rings. The van der Waals surface area contributed by atoms with E-state index in [1.54, 1.807) is 12.1 Å². The number of aryl methyl sites for hydroxylation is 1. The Kier molecular flexibility index (Phi) is 5.84. The van der Waals surface area contributed by atoms with Crippen LogP contribution in [0.1, 0.15) is 11.1 Å². The normalized spacial score (nSPS) is 17.8. The van der Waals surface area contributed by atoms with Gasteiger partial charge in [0.05, 0.1) is 17.9 Å². The summed E-state index contributed by atoms with van der Waals surface area (Å²) in [5, 5.41) is 9.16. The first-order chi connectivity index (χ1) is 14.9. The predicted octanol–water partition coefficient (Wildman–Crippen LogP) is 2.17. The molecular formula is C23H23F2N3O3. The lowest BCUT2D eigenvalue weighted by Crippen LogP contribution is -2.48. The second kappa shape index (κ2) is 8.56. The average molecular weight is 427 g/mol. The molecule has 0 atom stereocenters. The second-order valence-electron chi connectivity index (χ2n) is 7.68. The zero-order valence-corrected chi connectivity index (χ0v) is 17.1. The number of anilines is 1. The number of halogens is 2. The molecule has 0 aliphatic carbocycles. The van der Waals surface area contributed by atoms with Crippen molar-refractivity contribution in [2.24, 2.45) is 0 Å². The molecule has 1 saturated heterocycles. The van der Waals surface area contributed by atoms with E-state index in [9.17, 15) is 18.4 Å². The summed E-state index contributed by atoms with van der Waals surface area (Å²) in [6.07, 6.45) is 0. The van der Waals surface area contributed by atoms with E-state index in [1.807, 2.05) is 24.0 Å². The number of aliphatic hydroxyl groups excluding tert-OH is 1. The van der Waals surface area contributed by atoms with Crippen molar-refractivity contribution < 1.29 is 23.5 Å². The maximum absolute atomic E-state index is 14.5. The Balaban J connectivity index is 1.75. The number of hydrogen-bond donors (Lipinski definition) is 1. The maximum Gasteiger partial charge on any atom is 0.282 e. The van der Waals surface area contributed by atoms with Crippen LogP contribution < -0.4 is 4.90 Å². The van der Waals surface area contributed by atoms with Gasteiger partial charge in [0.15, 0.2) is 0 Å². The molecule has 31 heavy (non-hydrogen) atoms. The molecule has 162 valence electrons. The van der Waals surface area contributed by atoms with Crippen LogP contribution in [-0.2, 0) is 9.59 Å². The molecule has 2 aromatic carbocycles. The van der Waals surface area contributed by atoms with Crippen molar-refractivity contribution >= 4 is 23.1 Å². The molecule has 2 aliphatic rings. The number of benzene rings is 2. The van der Waals surface area contributed by atoms with Crippen molar-refractivity contribution in [2.75, 3.05) is 44.2 Å². The first-order valence-electron chi connectivity index (χ1n) is 10.1. The zero-order valence-electron chi connectivity index (χ0n) is 17.1. The highest BCUT2D eigenvalue weighted by molar-refractivity contribution is 6.45. The molecule has 0 radical (unpaired) electrons. The Labute approximate surface area is 179 Å². The molecular weight excluding hydrogens is 404 g/mol. The largest absolute Gasteiger partial charge is 0.395 e. The van der Waals surface area contributed by atoms with Gasteiger partial charge >= 0.3 is 0 Å². The number of imide groups is 1. The van der Waals surface area contributed by atoms with E-state index in [1.165, 1.54) is 0 Å². The van der Waals surface area contributed by atoms with E-state index in [0.717, 1.165) is 22.6 Å². The van der Waals surface area contributed by atoms with Crippen molar-refractivity contribution in [3.05, 3.63) is 70.9 Å². The minimum absolute atomic E-state index is 0.0480. The molecule has 2 heterocycles. The number of β-amino-alcohol motifs (C(OH)–C–C–N with tert-alkyl or cyclic N) is 1. The highest BCUT2D eigenvalue weighted by atomic mass is 19.1. The Bertz CT molecular complexity index is 1040. The van der Waals surface area contributed by atoms with Crippen LogP contribution in [0, 0.1) is 18.6 Å². The van der Waals surface area contributed by atoms with Crippen molar-refractivity contribution in [3.63, 3.8) is 0 Å². The van der Waals surface area contributed by atoms with Crippen molar-refractivity contribution in [1.82, 2.24) is 9.80 Å². The average Bonchev–Trinajstić information content (AvgIpc) is 3.00. The maximum atomic E-state index is 14.5. The molecule has 8 heteroatoms. The Morgan fingerprint density at radius 2 is 1.61 bits per heavy atom. The second-order valence-corrected chi connectivity index (χ2v) is 7.68. The molecule has 0 bridgehead atoms. The van der Waals surface area contributed by atoms with Crippen molar-refractivity contribution in [2.45, 2.75) is 6.92 Å². The number of nitrogens with zero attached hydrogens (tertiary/aromatic N) is 3. The van der Waals surface area contributed by atoms with Crippen LogP contribution in [-0.4, -0.2) is 66.1 Å². The van der Waals surface area contributed by atoms with Gasteiger partial charge in [-0.3, -0.25) is 14.5 Å². The monoisotopic (exact) mass is 427 g/mol. The number of aliphatic hydroxyl groups is 1. The molecule has 6 nitrogen and oxygen atoms in total. The number of carbonyl (C=O) groups is 2. The van der Waals surface area contributed by atoms with Gasteiger partial charge in [-0.15, -0.1) is 0 Å². The molecule has 1 N–H and O–H groups in total. The summed E-state index contributed by atoms with van der Waals surface area (Å²) in [7, 11) is 0. The smallest absolute Gasteiger partial charge is 0.282 e. The SMILES string of the molecule is Cc1ccc(C2=C(N3CCN(CCO)CC3)C(=O)N(c3ccc(F)cc3F)C2=O)cc1. The van der Waals surface area contributed by atoms with Crippen LogP contribution in [0.25, 0.3) is 5.57 Å². The third-order valence-electron chi connectivity index (χ3n) is 5.66. The Morgan fingerprint density at radius 1 is 0.935 bits per heavy atom. The fourth-order valence-electron chi connectivity index (χ4n) is 4.01. The summed E-state index contributed by atoms with van der Waals surface area (Å²) in [4.78, 5) is 31.5. The van der Waals surface area contributed by atoms with Crippen molar-refractivity contribution in [3.8, 4) is 0 Å². The fourth-order valence-corrected chi connectivity index (χ4v) is 4.01. The molecule has 0 aromatic heterocycles. The first-order valence-corrected chi connectivity index (χ1v) is 10.1. The van der Waals surface area contributed by atoms with Crippen LogP contribution in [0.4, 0.5) is 14.5 Å². The van der Waals surface area contributed by atoms with E-state index >= 15 is 0 Å². The van der Waals surface area contributed by atoms with Crippen LogP contribution >= 0.6 is 0 Å². The highest BCUT2D eigenvalue weighted by Crippen LogP contribution is 2.36. The quantitative estimate of drug-likeness (QED) is 0.741. The lowest BCUT2D eigenvalue weighted by atomic mass is 10.0. The molecule has 4 rings (SSSR count). The zero-order chi connectivity index (χ0) is 22.1. The topological polar surface area (TPSA) is 64.1 Å². The third kappa shape index (κ3) is 3.96. The van der Waals surface area contributed by atoms with Crippen LogP contribution in [0.5, 0.6) is 0 Å². The van der Waals surface area contributed by atoms with Gasteiger partial charge in [0.2, 0.25) is 0 Å². The van der Waals surface area contributed by atoms with Crippen molar-refractivity contribution in [1.29, 1.82) is 0 Å². The molecule has 0 unspecified atom stereocenters. The lowest BCUT2D eigenvalue weighted by molar-refractivity contribution is -0.120. The minimum atomic E-state index is -0.973.